The first kappa shape index (κ1) is 11.9. The highest BCUT2D eigenvalue weighted by molar-refractivity contribution is 7.10. The predicted molar refractivity (Wildman–Crippen MR) is 76.8 cm³/mol. The molecule has 0 amide bonds. The minimum Gasteiger partial charge on any atom is -0.308 e. The van der Waals surface area contributed by atoms with Gasteiger partial charge in [0.25, 0.3) is 0 Å². The molecule has 1 aromatic carbocycles. The molecule has 2 nitrogen and oxygen atoms in total. The number of rotatable bonds is 3. The molecule has 1 saturated carbocycles. The van der Waals surface area contributed by atoms with E-state index in [1.165, 1.54) is 36.3 Å². The summed E-state index contributed by atoms with van der Waals surface area (Å²) in [7, 11) is 2.06. The second-order valence-electron chi connectivity index (χ2n) is 4.94. The van der Waals surface area contributed by atoms with Gasteiger partial charge in [-0.1, -0.05) is 43.2 Å². The third-order valence-electron chi connectivity index (χ3n) is 3.92. The van der Waals surface area contributed by atoms with Crippen LogP contribution in [0.1, 0.15) is 30.7 Å². The van der Waals surface area contributed by atoms with Gasteiger partial charge in [-0.25, -0.2) is 4.98 Å². The van der Waals surface area contributed by atoms with Crippen LogP contribution in [0.25, 0.3) is 11.3 Å². The molecule has 1 aliphatic carbocycles. The van der Waals surface area contributed by atoms with E-state index < -0.39 is 0 Å². The number of hydrogen-bond acceptors (Lipinski definition) is 3. The van der Waals surface area contributed by atoms with Gasteiger partial charge >= 0.3 is 0 Å². The molecule has 1 aliphatic rings. The van der Waals surface area contributed by atoms with Crippen molar-refractivity contribution in [3.63, 3.8) is 0 Å². The summed E-state index contributed by atoms with van der Waals surface area (Å²) < 4.78 is 0. The second-order valence-corrected chi connectivity index (χ2v) is 5.80. The highest BCUT2D eigenvalue weighted by Crippen LogP contribution is 2.40. The van der Waals surface area contributed by atoms with Crippen LogP contribution in [0.4, 0.5) is 0 Å². The number of aromatic nitrogens is 1. The average Bonchev–Trinajstić information content (AvgIpc) is 3.09. The Labute approximate surface area is 112 Å². The van der Waals surface area contributed by atoms with Crippen LogP contribution in [0.5, 0.6) is 0 Å². The van der Waals surface area contributed by atoms with Crippen LogP contribution in [-0.4, -0.2) is 12.0 Å². The first-order valence-electron chi connectivity index (χ1n) is 6.54. The largest absolute Gasteiger partial charge is 0.308 e. The Kier molecular flexibility index (Phi) is 3.18. The van der Waals surface area contributed by atoms with Crippen LogP contribution >= 0.6 is 11.3 Å². The molecule has 0 unspecified atom stereocenters. The molecule has 0 radical (unpaired) electrons. The Morgan fingerprint density at radius 1 is 1.17 bits per heavy atom. The summed E-state index contributed by atoms with van der Waals surface area (Å²) in [6.45, 7) is 0. The second kappa shape index (κ2) is 4.82. The molecule has 18 heavy (non-hydrogen) atoms. The van der Waals surface area contributed by atoms with Crippen molar-refractivity contribution in [3.8, 4) is 11.3 Å². The van der Waals surface area contributed by atoms with E-state index in [9.17, 15) is 0 Å². The lowest BCUT2D eigenvalue weighted by molar-refractivity contribution is 0.371. The van der Waals surface area contributed by atoms with E-state index in [1.807, 2.05) is 6.07 Å². The molecule has 1 N–H and O–H groups in total. The van der Waals surface area contributed by atoms with Gasteiger partial charge in [-0.05, 0) is 19.9 Å². The predicted octanol–water partition coefficient (Wildman–Crippen LogP) is 3.80. The lowest BCUT2D eigenvalue weighted by atomic mass is 9.99. The fraction of sp³-hybridized carbons (Fsp3) is 0.400. The number of hydrogen-bond donors (Lipinski definition) is 1. The van der Waals surface area contributed by atoms with Gasteiger partial charge in [0.1, 0.15) is 5.01 Å². The van der Waals surface area contributed by atoms with E-state index in [1.54, 1.807) is 11.3 Å². The summed E-state index contributed by atoms with van der Waals surface area (Å²) in [5.74, 6) is 0. The SMILES string of the molecule is CNC1(c2nc(-c3ccccc3)cs2)CCCC1. The van der Waals surface area contributed by atoms with E-state index >= 15 is 0 Å². The minimum atomic E-state index is 0.137. The van der Waals surface area contributed by atoms with Gasteiger partial charge in [0.2, 0.25) is 0 Å². The zero-order valence-corrected chi connectivity index (χ0v) is 11.5. The van der Waals surface area contributed by atoms with Gasteiger partial charge in [-0.3, -0.25) is 0 Å². The zero-order chi connectivity index (χ0) is 12.4. The highest BCUT2D eigenvalue weighted by Gasteiger charge is 2.36. The van der Waals surface area contributed by atoms with Crippen molar-refractivity contribution in [2.24, 2.45) is 0 Å². The van der Waals surface area contributed by atoms with Gasteiger partial charge in [-0.2, -0.15) is 0 Å². The molecule has 0 aliphatic heterocycles. The van der Waals surface area contributed by atoms with Gasteiger partial charge in [0.05, 0.1) is 11.2 Å². The molecule has 1 fully saturated rings. The molecule has 0 spiro atoms. The molecule has 3 rings (SSSR count). The average molecular weight is 258 g/mol. The van der Waals surface area contributed by atoms with Crippen LogP contribution in [0.2, 0.25) is 0 Å². The van der Waals surface area contributed by atoms with E-state index in [-0.39, 0.29) is 5.54 Å². The molecular weight excluding hydrogens is 240 g/mol. The van der Waals surface area contributed by atoms with Gasteiger partial charge in [0, 0.05) is 10.9 Å². The summed E-state index contributed by atoms with van der Waals surface area (Å²) in [5.41, 5.74) is 2.46. The maximum absolute atomic E-state index is 4.86. The van der Waals surface area contributed by atoms with E-state index in [2.05, 4.69) is 42.0 Å². The summed E-state index contributed by atoms with van der Waals surface area (Å²) >= 11 is 1.79. The maximum atomic E-state index is 4.86. The van der Waals surface area contributed by atoms with E-state index in [4.69, 9.17) is 4.98 Å². The number of nitrogens with one attached hydrogen (secondary N) is 1. The van der Waals surface area contributed by atoms with Crippen molar-refractivity contribution in [1.82, 2.24) is 10.3 Å². The first-order valence-corrected chi connectivity index (χ1v) is 7.42. The number of nitrogens with zero attached hydrogens (tertiary/aromatic N) is 1. The van der Waals surface area contributed by atoms with Crippen molar-refractivity contribution >= 4 is 11.3 Å². The smallest absolute Gasteiger partial charge is 0.113 e. The molecule has 2 aromatic rings. The van der Waals surface area contributed by atoms with Gasteiger partial charge in [0.15, 0.2) is 0 Å². The standard InChI is InChI=1S/C15H18N2S/c1-16-15(9-5-6-10-15)14-17-13(11-18-14)12-7-3-2-4-8-12/h2-4,7-8,11,16H,5-6,9-10H2,1H3. The Morgan fingerprint density at radius 3 is 2.56 bits per heavy atom. The highest BCUT2D eigenvalue weighted by atomic mass is 32.1. The zero-order valence-electron chi connectivity index (χ0n) is 10.6. The van der Waals surface area contributed by atoms with Crippen LogP contribution in [0, 0.1) is 0 Å². The van der Waals surface area contributed by atoms with E-state index in [0.29, 0.717) is 0 Å². The van der Waals surface area contributed by atoms with Crippen molar-refractivity contribution in [2.45, 2.75) is 31.2 Å². The van der Waals surface area contributed by atoms with Crippen molar-refractivity contribution in [2.75, 3.05) is 7.05 Å². The normalized spacial score (nSPS) is 18.1. The van der Waals surface area contributed by atoms with Crippen molar-refractivity contribution in [3.05, 3.63) is 40.7 Å². The number of benzene rings is 1. The molecule has 0 atom stereocenters. The van der Waals surface area contributed by atoms with E-state index in [0.717, 1.165) is 5.69 Å². The quantitative estimate of drug-likeness (QED) is 0.905. The monoisotopic (exact) mass is 258 g/mol. The summed E-state index contributed by atoms with van der Waals surface area (Å²) in [6.07, 6.45) is 5.04. The Hall–Kier alpha value is -1.19. The fourth-order valence-electron chi connectivity index (χ4n) is 2.78. The fourth-order valence-corrected chi connectivity index (χ4v) is 3.88. The first-order chi connectivity index (χ1) is 8.84. The number of thiazole rings is 1. The van der Waals surface area contributed by atoms with Crippen molar-refractivity contribution < 1.29 is 0 Å². The maximum Gasteiger partial charge on any atom is 0.113 e. The molecular formula is C15H18N2S. The summed E-state index contributed by atoms with van der Waals surface area (Å²) in [4.78, 5) is 4.86. The van der Waals surface area contributed by atoms with Crippen LogP contribution in [0.15, 0.2) is 35.7 Å². The van der Waals surface area contributed by atoms with Crippen LogP contribution in [-0.2, 0) is 5.54 Å². The summed E-state index contributed by atoms with van der Waals surface area (Å²) in [5, 5.41) is 6.94. The third-order valence-corrected chi connectivity index (χ3v) is 4.97. The van der Waals surface area contributed by atoms with Crippen LogP contribution in [0.3, 0.4) is 0 Å². The Balaban J connectivity index is 1.94. The van der Waals surface area contributed by atoms with Crippen molar-refractivity contribution in [1.29, 1.82) is 0 Å². The van der Waals surface area contributed by atoms with Gasteiger partial charge in [-0.15, -0.1) is 11.3 Å². The van der Waals surface area contributed by atoms with Gasteiger partial charge < -0.3 is 5.32 Å². The van der Waals surface area contributed by atoms with Crippen LogP contribution < -0.4 is 5.32 Å². The molecule has 0 saturated heterocycles. The molecule has 94 valence electrons. The molecule has 1 heterocycles. The Morgan fingerprint density at radius 2 is 1.89 bits per heavy atom. The molecule has 3 heteroatoms. The third kappa shape index (κ3) is 1.98. The lowest BCUT2D eigenvalue weighted by Crippen LogP contribution is -2.36. The lowest BCUT2D eigenvalue weighted by Gasteiger charge is -2.25. The topological polar surface area (TPSA) is 24.9 Å². The molecule has 1 aromatic heterocycles. The molecule has 0 bridgehead atoms. The minimum absolute atomic E-state index is 0.137. The summed E-state index contributed by atoms with van der Waals surface area (Å²) in [6, 6.07) is 10.4. The Bertz CT molecular complexity index is 512.